The Morgan fingerprint density at radius 3 is 1.94 bits per heavy atom. The van der Waals surface area contributed by atoms with Gasteiger partial charge in [-0.3, -0.25) is 4.79 Å². The highest BCUT2D eigenvalue weighted by atomic mass is 16.7. The van der Waals surface area contributed by atoms with Crippen LogP contribution in [0, 0.1) is 0 Å². The summed E-state index contributed by atoms with van der Waals surface area (Å²) in [6.45, 7) is 3.64. The third kappa shape index (κ3) is 21.3. The summed E-state index contributed by atoms with van der Waals surface area (Å²) in [5, 5.41) is 53.8. The molecule has 1 saturated heterocycles. The summed E-state index contributed by atoms with van der Waals surface area (Å²) >= 11 is 0. The highest BCUT2D eigenvalue weighted by Gasteiger charge is 2.44. The molecule has 9 heteroatoms. The molecule has 48 heavy (non-hydrogen) atoms. The van der Waals surface area contributed by atoms with Gasteiger partial charge < -0.3 is 40.3 Å². The highest BCUT2D eigenvalue weighted by molar-refractivity contribution is 5.76. The average Bonchev–Trinajstić information content (AvgIpc) is 3.08. The van der Waals surface area contributed by atoms with Crippen LogP contribution < -0.4 is 5.32 Å². The number of hydrogen-bond donors (Lipinski definition) is 6. The van der Waals surface area contributed by atoms with Crippen molar-refractivity contribution in [2.45, 2.75) is 179 Å². The Morgan fingerprint density at radius 2 is 1.27 bits per heavy atom. The third-order valence-corrected chi connectivity index (χ3v) is 8.63. The fourth-order valence-corrected chi connectivity index (χ4v) is 5.48. The van der Waals surface area contributed by atoms with Crippen LogP contribution in [0.3, 0.4) is 0 Å². The van der Waals surface area contributed by atoms with Gasteiger partial charge in [0.1, 0.15) is 24.4 Å². The first kappa shape index (κ1) is 44.2. The monoisotopic (exact) mass is 680 g/mol. The maximum Gasteiger partial charge on any atom is 0.220 e. The van der Waals surface area contributed by atoms with Crippen molar-refractivity contribution in [2.24, 2.45) is 0 Å². The summed E-state index contributed by atoms with van der Waals surface area (Å²) in [7, 11) is 0. The number of unbranched alkanes of at least 4 members (excludes halogenated alkanes) is 13. The molecule has 9 nitrogen and oxygen atoms in total. The molecular formula is C39H69NO8. The van der Waals surface area contributed by atoms with Crippen LogP contribution in [0.25, 0.3) is 0 Å². The summed E-state index contributed by atoms with van der Waals surface area (Å²) in [4.78, 5) is 12.8. The molecule has 1 amide bonds. The predicted molar refractivity (Wildman–Crippen MR) is 193 cm³/mol. The minimum Gasteiger partial charge on any atom is -0.394 e. The summed E-state index contributed by atoms with van der Waals surface area (Å²) < 4.78 is 11.1. The van der Waals surface area contributed by atoms with Crippen molar-refractivity contribution in [1.29, 1.82) is 0 Å². The fourth-order valence-electron chi connectivity index (χ4n) is 5.48. The highest BCUT2D eigenvalue weighted by Crippen LogP contribution is 2.22. The fraction of sp³-hybridized carbons (Fsp3) is 0.769. The van der Waals surface area contributed by atoms with Crippen LogP contribution >= 0.6 is 0 Å². The van der Waals surface area contributed by atoms with E-state index in [1.165, 1.54) is 44.9 Å². The average molecular weight is 680 g/mol. The minimum absolute atomic E-state index is 0.207. The zero-order valence-electron chi connectivity index (χ0n) is 30.0. The Bertz CT molecular complexity index is 889. The number of allylic oxidation sites excluding steroid dienone is 7. The van der Waals surface area contributed by atoms with E-state index in [-0.39, 0.29) is 12.5 Å². The molecule has 1 heterocycles. The van der Waals surface area contributed by atoms with E-state index < -0.39 is 49.5 Å². The number of rotatable bonds is 29. The van der Waals surface area contributed by atoms with Crippen molar-refractivity contribution >= 4 is 5.91 Å². The molecule has 0 aromatic heterocycles. The number of carbonyl (C=O) groups excluding carboxylic acids is 1. The zero-order valence-corrected chi connectivity index (χ0v) is 30.0. The van der Waals surface area contributed by atoms with Gasteiger partial charge in [0, 0.05) is 6.42 Å². The lowest BCUT2D eigenvalue weighted by Gasteiger charge is -2.40. The lowest BCUT2D eigenvalue weighted by molar-refractivity contribution is -0.302. The Balaban J connectivity index is 2.50. The van der Waals surface area contributed by atoms with Crippen molar-refractivity contribution in [3.63, 3.8) is 0 Å². The number of hydrogen-bond acceptors (Lipinski definition) is 8. The van der Waals surface area contributed by atoms with Gasteiger partial charge in [-0.15, -0.1) is 0 Å². The zero-order chi connectivity index (χ0) is 35.2. The maximum atomic E-state index is 12.8. The molecule has 0 saturated carbocycles. The van der Waals surface area contributed by atoms with E-state index in [0.29, 0.717) is 6.42 Å². The van der Waals surface area contributed by atoms with E-state index in [0.717, 1.165) is 70.6 Å². The molecule has 0 aromatic carbocycles. The van der Waals surface area contributed by atoms with E-state index in [1.807, 2.05) is 6.08 Å². The van der Waals surface area contributed by atoms with Gasteiger partial charge in [-0.2, -0.15) is 0 Å². The quantitative estimate of drug-likeness (QED) is 0.0397. The summed E-state index contributed by atoms with van der Waals surface area (Å²) in [5.74, 6) is -0.207. The van der Waals surface area contributed by atoms with Crippen molar-refractivity contribution in [3.05, 3.63) is 48.6 Å². The van der Waals surface area contributed by atoms with Gasteiger partial charge in [-0.05, 0) is 57.8 Å². The molecule has 0 bridgehead atoms. The van der Waals surface area contributed by atoms with Crippen LogP contribution in [0.4, 0.5) is 0 Å². The van der Waals surface area contributed by atoms with Gasteiger partial charge in [0.2, 0.25) is 5.91 Å². The Morgan fingerprint density at radius 1 is 0.708 bits per heavy atom. The van der Waals surface area contributed by atoms with Gasteiger partial charge >= 0.3 is 0 Å². The molecule has 0 aliphatic carbocycles. The first-order valence-electron chi connectivity index (χ1n) is 18.9. The summed E-state index contributed by atoms with van der Waals surface area (Å²) in [5.41, 5.74) is 0. The second-order valence-corrected chi connectivity index (χ2v) is 13.0. The normalized spacial score (nSPS) is 23.2. The first-order valence-corrected chi connectivity index (χ1v) is 18.9. The number of carbonyl (C=O) groups is 1. The Labute approximate surface area is 291 Å². The largest absolute Gasteiger partial charge is 0.394 e. The van der Waals surface area contributed by atoms with Crippen molar-refractivity contribution in [1.82, 2.24) is 5.32 Å². The molecule has 7 atom stereocenters. The van der Waals surface area contributed by atoms with Crippen molar-refractivity contribution in [2.75, 3.05) is 13.2 Å². The van der Waals surface area contributed by atoms with Gasteiger partial charge in [0.15, 0.2) is 6.29 Å². The topological polar surface area (TPSA) is 149 Å². The van der Waals surface area contributed by atoms with Gasteiger partial charge in [-0.25, -0.2) is 0 Å². The molecular weight excluding hydrogens is 610 g/mol. The summed E-state index contributed by atoms with van der Waals surface area (Å²) in [6, 6.07) is -0.826. The molecule has 7 unspecified atom stereocenters. The molecule has 6 N–H and O–H groups in total. The molecule has 0 aromatic rings. The molecule has 1 fully saturated rings. The van der Waals surface area contributed by atoms with E-state index in [4.69, 9.17) is 9.47 Å². The molecule has 1 rings (SSSR count). The summed E-state index contributed by atoms with van der Waals surface area (Å²) in [6.07, 6.45) is 28.7. The van der Waals surface area contributed by atoms with E-state index in [9.17, 15) is 30.3 Å². The second-order valence-electron chi connectivity index (χ2n) is 13.0. The first-order chi connectivity index (χ1) is 23.3. The second kappa shape index (κ2) is 30.0. The van der Waals surface area contributed by atoms with Crippen LogP contribution in [0.15, 0.2) is 48.6 Å². The molecule has 1 aliphatic heterocycles. The SMILES string of the molecule is CCCC/C=C\C/C=C\CCCCCCCC(=O)NC(COC1OC(CO)C(O)C(O)C1O)C(O)/C=C/CC/C=C/CCCCCCC. The van der Waals surface area contributed by atoms with Crippen LogP contribution in [0.5, 0.6) is 0 Å². The number of nitrogens with one attached hydrogen (secondary N) is 1. The predicted octanol–water partition coefficient (Wildman–Crippen LogP) is 6.33. The van der Waals surface area contributed by atoms with Gasteiger partial charge in [-0.1, -0.05) is 120 Å². The van der Waals surface area contributed by atoms with E-state index in [2.05, 4.69) is 55.6 Å². The number of ether oxygens (including phenoxy) is 2. The Hall–Kier alpha value is -1.85. The van der Waals surface area contributed by atoms with Crippen LogP contribution in [0.1, 0.15) is 136 Å². The van der Waals surface area contributed by atoms with Gasteiger partial charge in [0.05, 0.1) is 25.4 Å². The molecule has 278 valence electrons. The molecule has 0 radical (unpaired) electrons. The van der Waals surface area contributed by atoms with Gasteiger partial charge in [0.25, 0.3) is 0 Å². The Kier molecular flexibility index (Phi) is 27.6. The smallest absolute Gasteiger partial charge is 0.220 e. The van der Waals surface area contributed by atoms with Crippen molar-refractivity contribution in [3.8, 4) is 0 Å². The third-order valence-electron chi connectivity index (χ3n) is 8.63. The molecule has 1 aliphatic rings. The van der Waals surface area contributed by atoms with E-state index >= 15 is 0 Å². The number of aliphatic hydroxyl groups excluding tert-OH is 5. The lowest BCUT2D eigenvalue weighted by atomic mass is 9.99. The standard InChI is InChI=1S/C39H69NO8/c1-3-5-7-9-11-13-15-16-17-19-21-23-25-27-29-35(43)40-32(31-47-39-38(46)37(45)36(44)34(30-41)48-39)33(42)28-26-24-22-20-18-14-12-10-8-6-4-2/h9,11,15-16,18,20,26,28,32-34,36-39,41-42,44-46H,3-8,10,12-14,17,19,21-25,27,29-31H2,1-2H3,(H,40,43)/b11-9-,16-15-,20-18+,28-26+. The van der Waals surface area contributed by atoms with Crippen LogP contribution in [-0.4, -0.2) is 87.5 Å². The number of aliphatic hydroxyl groups is 5. The van der Waals surface area contributed by atoms with E-state index in [1.54, 1.807) is 6.08 Å². The maximum absolute atomic E-state index is 12.8. The van der Waals surface area contributed by atoms with Crippen LogP contribution in [0.2, 0.25) is 0 Å². The van der Waals surface area contributed by atoms with Crippen molar-refractivity contribution < 1.29 is 39.8 Å². The number of amides is 1. The minimum atomic E-state index is -1.57. The molecule has 0 spiro atoms. The van der Waals surface area contributed by atoms with Crippen LogP contribution in [-0.2, 0) is 14.3 Å². The lowest BCUT2D eigenvalue weighted by Crippen LogP contribution is -2.60.